The van der Waals surface area contributed by atoms with Crippen molar-refractivity contribution in [2.45, 2.75) is 50.2 Å². The molecule has 0 aliphatic rings. The first-order valence-corrected chi connectivity index (χ1v) is 8.01. The highest BCUT2D eigenvalue weighted by Gasteiger charge is 2.26. The third-order valence-electron chi connectivity index (χ3n) is 3.09. The van der Waals surface area contributed by atoms with Crippen LogP contribution in [-0.2, 0) is 10.0 Å². The Morgan fingerprint density at radius 2 is 1.95 bits per heavy atom. The van der Waals surface area contributed by atoms with Gasteiger partial charge in [0.2, 0.25) is 10.0 Å². The van der Waals surface area contributed by atoms with Crippen LogP contribution in [0.1, 0.15) is 31.7 Å². The molecular weight excluding hydrogens is 305 g/mol. The Hall–Kier alpha value is -1.28. The van der Waals surface area contributed by atoms with Gasteiger partial charge in [0.25, 0.3) is 0 Å². The Bertz CT molecular complexity index is 586. The molecule has 0 bridgehead atoms. The minimum Gasteiger partial charge on any atom is -0.382 e. The van der Waals surface area contributed by atoms with Crippen LogP contribution in [0.2, 0.25) is 0 Å². The summed E-state index contributed by atoms with van der Waals surface area (Å²) in [5.74, 6) is 0. The lowest BCUT2D eigenvalue weighted by Crippen LogP contribution is -2.19. The van der Waals surface area contributed by atoms with E-state index in [1.165, 1.54) is 12.1 Å². The lowest BCUT2D eigenvalue weighted by Gasteiger charge is -2.18. The molecule has 0 saturated heterocycles. The van der Waals surface area contributed by atoms with E-state index in [1.807, 2.05) is 0 Å². The summed E-state index contributed by atoms with van der Waals surface area (Å²) >= 11 is 0. The van der Waals surface area contributed by atoms with Gasteiger partial charge in [0.05, 0.1) is 4.90 Å². The zero-order chi connectivity index (χ0) is 16.3. The molecule has 1 aromatic carbocycles. The summed E-state index contributed by atoms with van der Waals surface area (Å²) in [4.78, 5) is 0.00925. The standard InChI is InChI=1S/C13H19F3N2O2S/c1-9(5-4-8-13(14,15)16)18-11-6-3-7-12(10(11)2)21(17,19)20/h3,6-7,9,18H,4-5,8H2,1-2H3,(H2,17,19,20). The van der Waals surface area contributed by atoms with Crippen LogP contribution in [0.3, 0.4) is 0 Å². The Labute approximate surface area is 122 Å². The molecule has 1 unspecified atom stereocenters. The Kier molecular flexibility index (Phi) is 5.63. The van der Waals surface area contributed by atoms with Gasteiger partial charge in [-0.2, -0.15) is 13.2 Å². The molecule has 8 heteroatoms. The van der Waals surface area contributed by atoms with Crippen molar-refractivity contribution < 1.29 is 21.6 Å². The number of sulfonamides is 1. The van der Waals surface area contributed by atoms with Gasteiger partial charge in [0, 0.05) is 18.2 Å². The molecule has 0 aromatic heterocycles. The minimum absolute atomic E-state index is 0.00925. The summed E-state index contributed by atoms with van der Waals surface area (Å²) in [5, 5.41) is 8.13. The van der Waals surface area contributed by atoms with E-state index in [1.54, 1.807) is 19.9 Å². The van der Waals surface area contributed by atoms with Crippen molar-refractivity contribution in [1.82, 2.24) is 0 Å². The number of nitrogens with one attached hydrogen (secondary N) is 1. The van der Waals surface area contributed by atoms with Gasteiger partial charge in [0.1, 0.15) is 0 Å². The van der Waals surface area contributed by atoms with Crippen LogP contribution >= 0.6 is 0 Å². The molecule has 120 valence electrons. The predicted octanol–water partition coefficient (Wildman–Crippen LogP) is 3.18. The third-order valence-corrected chi connectivity index (χ3v) is 4.15. The highest BCUT2D eigenvalue weighted by molar-refractivity contribution is 7.89. The molecule has 0 fully saturated rings. The van der Waals surface area contributed by atoms with Crippen LogP contribution in [-0.4, -0.2) is 20.6 Å². The normalized spacial score (nSPS) is 14.0. The van der Waals surface area contributed by atoms with E-state index in [2.05, 4.69) is 5.32 Å². The fourth-order valence-corrected chi connectivity index (χ4v) is 2.83. The summed E-state index contributed by atoms with van der Waals surface area (Å²) in [5.41, 5.74) is 1.02. The maximum Gasteiger partial charge on any atom is 0.389 e. The molecule has 1 rings (SSSR count). The van der Waals surface area contributed by atoms with E-state index in [-0.39, 0.29) is 17.4 Å². The molecule has 0 amide bonds. The number of hydrogen-bond acceptors (Lipinski definition) is 3. The molecule has 0 aliphatic carbocycles. The van der Waals surface area contributed by atoms with Crippen molar-refractivity contribution in [2.24, 2.45) is 5.14 Å². The van der Waals surface area contributed by atoms with Crippen LogP contribution < -0.4 is 10.5 Å². The zero-order valence-corrected chi connectivity index (χ0v) is 12.7. The molecule has 0 saturated carbocycles. The number of anilines is 1. The van der Waals surface area contributed by atoms with E-state index >= 15 is 0 Å². The summed E-state index contributed by atoms with van der Waals surface area (Å²) in [6.07, 6.45) is -4.62. The average molecular weight is 324 g/mol. The highest BCUT2D eigenvalue weighted by Crippen LogP contribution is 2.25. The largest absolute Gasteiger partial charge is 0.389 e. The SMILES string of the molecule is Cc1c(NC(C)CCCC(F)(F)F)cccc1S(N)(=O)=O. The Morgan fingerprint density at radius 3 is 2.48 bits per heavy atom. The van der Waals surface area contributed by atoms with Gasteiger partial charge in [-0.25, -0.2) is 13.6 Å². The predicted molar refractivity (Wildman–Crippen MR) is 75.5 cm³/mol. The van der Waals surface area contributed by atoms with Gasteiger partial charge in [-0.15, -0.1) is 0 Å². The van der Waals surface area contributed by atoms with E-state index in [4.69, 9.17) is 5.14 Å². The van der Waals surface area contributed by atoms with Crippen molar-refractivity contribution in [2.75, 3.05) is 5.32 Å². The fourth-order valence-electron chi connectivity index (χ4n) is 2.03. The smallest absolute Gasteiger partial charge is 0.382 e. The van der Waals surface area contributed by atoms with Crippen molar-refractivity contribution >= 4 is 15.7 Å². The number of benzene rings is 1. The Morgan fingerprint density at radius 1 is 1.33 bits per heavy atom. The van der Waals surface area contributed by atoms with Gasteiger partial charge >= 0.3 is 6.18 Å². The minimum atomic E-state index is -4.15. The van der Waals surface area contributed by atoms with Gasteiger partial charge in [-0.1, -0.05) is 6.07 Å². The average Bonchev–Trinajstić information content (AvgIpc) is 2.28. The molecule has 0 aliphatic heterocycles. The third kappa shape index (κ3) is 5.92. The number of halogens is 3. The molecule has 1 atom stereocenters. The number of rotatable bonds is 6. The maximum atomic E-state index is 12.1. The molecule has 0 heterocycles. The second kappa shape index (κ2) is 6.65. The van der Waals surface area contributed by atoms with Gasteiger partial charge in [-0.05, 0) is 44.4 Å². The lowest BCUT2D eigenvalue weighted by atomic mass is 10.1. The first kappa shape index (κ1) is 17.8. The summed E-state index contributed by atoms with van der Waals surface area (Å²) in [6.45, 7) is 3.35. The van der Waals surface area contributed by atoms with Crippen molar-refractivity contribution in [3.8, 4) is 0 Å². The number of nitrogens with two attached hydrogens (primary N) is 1. The summed E-state index contributed by atoms with van der Waals surface area (Å²) in [7, 11) is -3.82. The quantitative estimate of drug-likeness (QED) is 0.844. The molecule has 4 nitrogen and oxygen atoms in total. The highest BCUT2D eigenvalue weighted by atomic mass is 32.2. The van der Waals surface area contributed by atoms with E-state index in [0.717, 1.165) is 0 Å². The van der Waals surface area contributed by atoms with Gasteiger partial charge in [0.15, 0.2) is 0 Å². The second-order valence-electron chi connectivity index (χ2n) is 5.03. The van der Waals surface area contributed by atoms with Crippen LogP contribution in [0.4, 0.5) is 18.9 Å². The van der Waals surface area contributed by atoms with Crippen LogP contribution in [0.5, 0.6) is 0 Å². The second-order valence-corrected chi connectivity index (χ2v) is 6.56. The van der Waals surface area contributed by atoms with Gasteiger partial charge < -0.3 is 5.32 Å². The Balaban J connectivity index is 2.71. The molecule has 3 N–H and O–H groups in total. The summed E-state index contributed by atoms with van der Waals surface area (Å²) in [6, 6.07) is 4.40. The number of hydrogen-bond donors (Lipinski definition) is 2. The molecule has 1 aromatic rings. The van der Waals surface area contributed by atoms with Crippen LogP contribution in [0.25, 0.3) is 0 Å². The zero-order valence-electron chi connectivity index (χ0n) is 11.9. The first-order chi connectivity index (χ1) is 9.50. The number of alkyl halides is 3. The topological polar surface area (TPSA) is 72.2 Å². The van der Waals surface area contributed by atoms with Crippen LogP contribution in [0.15, 0.2) is 23.1 Å². The van der Waals surface area contributed by atoms with Crippen molar-refractivity contribution in [1.29, 1.82) is 0 Å². The monoisotopic (exact) mass is 324 g/mol. The van der Waals surface area contributed by atoms with E-state index in [9.17, 15) is 21.6 Å². The molecule has 21 heavy (non-hydrogen) atoms. The van der Waals surface area contributed by atoms with E-state index in [0.29, 0.717) is 17.7 Å². The fraction of sp³-hybridized carbons (Fsp3) is 0.538. The maximum absolute atomic E-state index is 12.1. The molecule has 0 spiro atoms. The molecular formula is C13H19F3N2O2S. The summed E-state index contributed by atoms with van der Waals surface area (Å²) < 4.78 is 59.0. The van der Waals surface area contributed by atoms with E-state index < -0.39 is 22.6 Å². The molecule has 0 radical (unpaired) electrons. The van der Waals surface area contributed by atoms with Gasteiger partial charge in [-0.3, -0.25) is 0 Å². The lowest BCUT2D eigenvalue weighted by molar-refractivity contribution is -0.135. The van der Waals surface area contributed by atoms with Crippen molar-refractivity contribution in [3.05, 3.63) is 23.8 Å². The van der Waals surface area contributed by atoms with Crippen molar-refractivity contribution in [3.63, 3.8) is 0 Å². The number of primary sulfonamides is 1. The first-order valence-electron chi connectivity index (χ1n) is 6.46. The van der Waals surface area contributed by atoms with Crippen LogP contribution in [0, 0.1) is 6.92 Å².